The number of nitrogens with one attached hydrogen (secondary N) is 2. The third-order valence-corrected chi connectivity index (χ3v) is 6.35. The van der Waals surface area contributed by atoms with Gasteiger partial charge in [0.25, 0.3) is 0 Å². The maximum absolute atomic E-state index is 12.2. The van der Waals surface area contributed by atoms with Gasteiger partial charge in [-0.1, -0.05) is 28.1 Å². The minimum atomic E-state index is -3.40. The van der Waals surface area contributed by atoms with Crippen LogP contribution in [0.15, 0.2) is 64.1 Å². The number of rotatable bonds is 6. The van der Waals surface area contributed by atoms with E-state index in [0.717, 1.165) is 39.5 Å². The Morgan fingerprint density at radius 1 is 1.08 bits per heavy atom. The van der Waals surface area contributed by atoms with Crippen LogP contribution in [-0.4, -0.2) is 19.4 Å². The molecule has 26 heavy (non-hydrogen) atoms. The lowest BCUT2D eigenvalue weighted by molar-refractivity contribution is 0.581. The van der Waals surface area contributed by atoms with Gasteiger partial charge < -0.3 is 5.32 Å². The first-order valence-corrected chi connectivity index (χ1v) is 10.7. The number of hydrogen-bond donors (Lipinski definition) is 2. The summed E-state index contributed by atoms with van der Waals surface area (Å²) in [7, 11) is -3.40. The molecular formula is C19H18BrN3O2S. The average molecular weight is 432 g/mol. The highest BCUT2D eigenvalue weighted by Crippen LogP contribution is 2.25. The normalized spacial score (nSPS) is 14.5. The zero-order valence-corrected chi connectivity index (χ0v) is 16.3. The molecule has 1 fully saturated rings. The maximum atomic E-state index is 12.2. The van der Waals surface area contributed by atoms with Crippen LogP contribution in [0.3, 0.4) is 0 Å². The van der Waals surface area contributed by atoms with E-state index in [2.05, 4.69) is 31.0 Å². The van der Waals surface area contributed by atoms with Gasteiger partial charge in [0.05, 0.1) is 10.4 Å². The molecule has 0 spiro atoms. The zero-order valence-electron chi connectivity index (χ0n) is 13.9. The standard InChI is InChI=1S/C19H18BrN3O2S/c20-14-3-8-17-18(9-10-21-19(17)11-14)22-12-13-1-6-16(7-2-13)26(24,25)23-15-4-5-15/h1-3,6-11,15,23H,4-5,12H2,(H,21,22). The van der Waals surface area contributed by atoms with Gasteiger partial charge in [0, 0.05) is 34.3 Å². The number of pyridine rings is 1. The molecule has 134 valence electrons. The van der Waals surface area contributed by atoms with Crippen molar-refractivity contribution in [2.75, 3.05) is 5.32 Å². The lowest BCUT2D eigenvalue weighted by Gasteiger charge is -2.11. The maximum Gasteiger partial charge on any atom is 0.240 e. The minimum Gasteiger partial charge on any atom is -0.380 e. The van der Waals surface area contributed by atoms with Crippen LogP contribution >= 0.6 is 15.9 Å². The Morgan fingerprint density at radius 2 is 1.85 bits per heavy atom. The molecule has 2 aromatic carbocycles. The Hall–Kier alpha value is -1.96. The molecule has 0 radical (unpaired) electrons. The van der Waals surface area contributed by atoms with Gasteiger partial charge in [0.1, 0.15) is 0 Å². The monoisotopic (exact) mass is 431 g/mol. The smallest absolute Gasteiger partial charge is 0.240 e. The van der Waals surface area contributed by atoms with E-state index in [1.165, 1.54) is 0 Å². The highest BCUT2D eigenvalue weighted by atomic mass is 79.9. The van der Waals surface area contributed by atoms with Gasteiger partial charge in [-0.2, -0.15) is 0 Å². The topological polar surface area (TPSA) is 71.1 Å². The fourth-order valence-electron chi connectivity index (χ4n) is 2.75. The first-order valence-electron chi connectivity index (χ1n) is 8.41. The molecule has 0 amide bonds. The summed E-state index contributed by atoms with van der Waals surface area (Å²) < 4.78 is 28.1. The second-order valence-electron chi connectivity index (χ2n) is 6.41. The summed E-state index contributed by atoms with van der Waals surface area (Å²) in [5.74, 6) is 0. The molecule has 1 aromatic heterocycles. The molecule has 4 rings (SSSR count). The second-order valence-corrected chi connectivity index (χ2v) is 9.04. The highest BCUT2D eigenvalue weighted by Gasteiger charge is 2.27. The summed E-state index contributed by atoms with van der Waals surface area (Å²) >= 11 is 3.46. The van der Waals surface area contributed by atoms with Gasteiger partial charge in [0.15, 0.2) is 0 Å². The third-order valence-electron chi connectivity index (χ3n) is 4.32. The van der Waals surface area contributed by atoms with Gasteiger partial charge in [0.2, 0.25) is 10.0 Å². The van der Waals surface area contributed by atoms with E-state index < -0.39 is 10.0 Å². The number of aromatic nitrogens is 1. The summed E-state index contributed by atoms with van der Waals surface area (Å²) in [5.41, 5.74) is 2.92. The number of hydrogen-bond acceptors (Lipinski definition) is 4. The van der Waals surface area contributed by atoms with E-state index in [0.29, 0.717) is 11.4 Å². The Kier molecular flexibility index (Phi) is 4.69. The predicted octanol–water partition coefficient (Wildman–Crippen LogP) is 4.05. The molecule has 1 heterocycles. The van der Waals surface area contributed by atoms with Crippen LogP contribution in [-0.2, 0) is 16.6 Å². The SMILES string of the molecule is O=S(=O)(NC1CC1)c1ccc(CNc2ccnc3cc(Br)ccc23)cc1. The largest absolute Gasteiger partial charge is 0.380 e. The number of benzene rings is 2. The van der Waals surface area contributed by atoms with Crippen molar-refractivity contribution in [2.45, 2.75) is 30.3 Å². The molecule has 0 bridgehead atoms. The predicted molar refractivity (Wildman–Crippen MR) is 107 cm³/mol. The van der Waals surface area contributed by atoms with Crippen LogP contribution in [0.5, 0.6) is 0 Å². The summed E-state index contributed by atoms with van der Waals surface area (Å²) in [5, 5.41) is 4.45. The number of halogens is 1. The Bertz CT molecular complexity index is 1050. The quantitative estimate of drug-likeness (QED) is 0.617. The molecule has 2 N–H and O–H groups in total. The number of sulfonamides is 1. The molecule has 7 heteroatoms. The summed E-state index contributed by atoms with van der Waals surface area (Å²) in [6, 6.07) is 15.0. The number of fused-ring (bicyclic) bond motifs is 1. The van der Waals surface area contributed by atoms with Crippen molar-refractivity contribution in [3.8, 4) is 0 Å². The van der Waals surface area contributed by atoms with Crippen molar-refractivity contribution < 1.29 is 8.42 Å². The third kappa shape index (κ3) is 3.90. The average Bonchev–Trinajstić information content (AvgIpc) is 3.43. The summed E-state index contributed by atoms with van der Waals surface area (Å²) in [6.45, 7) is 0.603. The zero-order chi connectivity index (χ0) is 18.1. The van der Waals surface area contributed by atoms with Crippen LogP contribution < -0.4 is 10.0 Å². The molecule has 0 aliphatic heterocycles. The van der Waals surface area contributed by atoms with E-state index in [9.17, 15) is 8.42 Å². The van der Waals surface area contributed by atoms with Crippen molar-refractivity contribution in [3.05, 3.63) is 64.8 Å². The van der Waals surface area contributed by atoms with Crippen LogP contribution in [0.4, 0.5) is 5.69 Å². The van der Waals surface area contributed by atoms with Crippen LogP contribution in [0.2, 0.25) is 0 Å². The molecule has 1 saturated carbocycles. The Balaban J connectivity index is 1.48. The second kappa shape index (κ2) is 6.98. The Labute approximate surface area is 161 Å². The molecule has 1 aliphatic carbocycles. The van der Waals surface area contributed by atoms with E-state index >= 15 is 0 Å². The Morgan fingerprint density at radius 3 is 2.58 bits per heavy atom. The fraction of sp³-hybridized carbons (Fsp3) is 0.211. The van der Waals surface area contributed by atoms with E-state index in [4.69, 9.17) is 0 Å². The lowest BCUT2D eigenvalue weighted by atomic mass is 10.1. The van der Waals surface area contributed by atoms with Crippen molar-refractivity contribution in [2.24, 2.45) is 0 Å². The lowest BCUT2D eigenvalue weighted by Crippen LogP contribution is -2.25. The van der Waals surface area contributed by atoms with Crippen LogP contribution in [0, 0.1) is 0 Å². The van der Waals surface area contributed by atoms with Crippen LogP contribution in [0.25, 0.3) is 10.9 Å². The van der Waals surface area contributed by atoms with Gasteiger partial charge >= 0.3 is 0 Å². The first-order chi connectivity index (χ1) is 12.5. The van der Waals surface area contributed by atoms with E-state index in [1.54, 1.807) is 18.3 Å². The molecule has 1 aliphatic rings. The highest BCUT2D eigenvalue weighted by molar-refractivity contribution is 9.10. The number of nitrogens with zero attached hydrogens (tertiary/aromatic N) is 1. The van der Waals surface area contributed by atoms with Crippen LogP contribution in [0.1, 0.15) is 18.4 Å². The summed E-state index contributed by atoms with van der Waals surface area (Å²) in [4.78, 5) is 4.69. The van der Waals surface area contributed by atoms with Gasteiger partial charge in [-0.05, 0) is 54.8 Å². The molecule has 0 atom stereocenters. The molecule has 5 nitrogen and oxygen atoms in total. The van der Waals surface area contributed by atoms with E-state index in [-0.39, 0.29) is 6.04 Å². The van der Waals surface area contributed by atoms with Crippen molar-refractivity contribution in [3.63, 3.8) is 0 Å². The molecular weight excluding hydrogens is 414 g/mol. The minimum absolute atomic E-state index is 0.112. The first kappa shape index (κ1) is 17.5. The van der Waals surface area contributed by atoms with Gasteiger partial charge in [-0.3, -0.25) is 4.98 Å². The van der Waals surface area contributed by atoms with Crippen molar-refractivity contribution in [1.29, 1.82) is 0 Å². The summed E-state index contributed by atoms with van der Waals surface area (Å²) in [6.07, 6.45) is 3.63. The fourth-order valence-corrected chi connectivity index (χ4v) is 4.40. The molecule has 3 aromatic rings. The van der Waals surface area contributed by atoms with Crippen molar-refractivity contribution in [1.82, 2.24) is 9.71 Å². The van der Waals surface area contributed by atoms with E-state index in [1.807, 2.05) is 36.4 Å². The molecule has 0 unspecified atom stereocenters. The number of anilines is 1. The van der Waals surface area contributed by atoms with Crippen molar-refractivity contribution >= 4 is 42.5 Å². The molecule has 0 saturated heterocycles. The van der Waals surface area contributed by atoms with Gasteiger partial charge in [-0.25, -0.2) is 13.1 Å². The van der Waals surface area contributed by atoms with Gasteiger partial charge in [-0.15, -0.1) is 0 Å².